The maximum Gasteiger partial charge on any atom is 0.236 e. The molecule has 0 saturated carbocycles. The highest BCUT2D eigenvalue weighted by atomic mass is 16.5. The van der Waals surface area contributed by atoms with Gasteiger partial charge in [0.05, 0.1) is 11.4 Å². The molecule has 0 aliphatic heterocycles. The van der Waals surface area contributed by atoms with E-state index in [0.29, 0.717) is 17.7 Å². The fraction of sp³-hybridized carbons (Fsp3) is 0.583. The summed E-state index contributed by atoms with van der Waals surface area (Å²) < 4.78 is 6.40. The summed E-state index contributed by atoms with van der Waals surface area (Å²) in [4.78, 5) is 10.0. The van der Waals surface area contributed by atoms with Gasteiger partial charge in [0, 0.05) is 5.56 Å². The zero-order valence-electron chi connectivity index (χ0n) is 18.6. The van der Waals surface area contributed by atoms with Crippen LogP contribution in [0.2, 0.25) is 0 Å². The third-order valence-corrected chi connectivity index (χ3v) is 5.15. The Morgan fingerprint density at radius 2 is 1.33 bits per heavy atom. The van der Waals surface area contributed by atoms with Crippen LogP contribution in [0, 0.1) is 32.6 Å². The van der Waals surface area contributed by atoms with E-state index in [1.165, 1.54) is 22.3 Å². The third kappa shape index (κ3) is 4.69. The molecule has 0 radical (unpaired) electrons. The van der Waals surface area contributed by atoms with Gasteiger partial charge in [-0.2, -0.15) is 0 Å². The van der Waals surface area contributed by atoms with E-state index in [-0.39, 0.29) is 6.10 Å². The first-order chi connectivity index (χ1) is 12.7. The Kier molecular flexibility index (Phi) is 7.02. The van der Waals surface area contributed by atoms with Crippen LogP contribution < -0.4 is 4.74 Å². The molecule has 0 saturated heterocycles. The highest BCUT2D eigenvalue weighted by Crippen LogP contribution is 2.32. The number of benzene rings is 1. The first kappa shape index (κ1) is 21.4. The molecule has 2 aromatic rings. The van der Waals surface area contributed by atoms with Gasteiger partial charge in [0.15, 0.2) is 0 Å². The van der Waals surface area contributed by atoms with Crippen molar-refractivity contribution in [3.8, 4) is 17.1 Å². The maximum absolute atomic E-state index is 6.40. The van der Waals surface area contributed by atoms with Crippen molar-refractivity contribution in [2.75, 3.05) is 0 Å². The zero-order valence-corrected chi connectivity index (χ0v) is 18.6. The van der Waals surface area contributed by atoms with Crippen LogP contribution in [-0.2, 0) is 12.8 Å². The molecule has 1 aromatic heterocycles. The van der Waals surface area contributed by atoms with Crippen LogP contribution in [0.5, 0.6) is 5.88 Å². The standard InChI is InChI=1S/C24H36N2O/c1-10-19-22(21-17(8)12-16(7)13-18(21)9)25-20(11-2)24(26-19)27-23(14(3)4)15(5)6/h12-15,23H,10-11H2,1-9H3. The lowest BCUT2D eigenvalue weighted by atomic mass is 9.95. The van der Waals surface area contributed by atoms with Gasteiger partial charge in [-0.3, -0.25) is 0 Å². The Bertz CT molecular complexity index is 762. The second kappa shape index (κ2) is 8.86. The van der Waals surface area contributed by atoms with Crippen molar-refractivity contribution in [2.24, 2.45) is 11.8 Å². The number of aromatic nitrogens is 2. The van der Waals surface area contributed by atoms with Crippen LogP contribution in [0.3, 0.4) is 0 Å². The van der Waals surface area contributed by atoms with E-state index in [0.717, 1.165) is 29.9 Å². The van der Waals surface area contributed by atoms with Crippen molar-refractivity contribution >= 4 is 0 Å². The molecular formula is C24H36N2O. The van der Waals surface area contributed by atoms with Gasteiger partial charge in [-0.15, -0.1) is 0 Å². The second-order valence-corrected chi connectivity index (χ2v) is 8.32. The minimum atomic E-state index is 0.142. The monoisotopic (exact) mass is 368 g/mol. The average Bonchev–Trinajstić information content (AvgIpc) is 2.58. The van der Waals surface area contributed by atoms with E-state index in [1.807, 2.05) is 0 Å². The average molecular weight is 369 g/mol. The van der Waals surface area contributed by atoms with Crippen molar-refractivity contribution < 1.29 is 4.74 Å². The van der Waals surface area contributed by atoms with E-state index < -0.39 is 0 Å². The minimum Gasteiger partial charge on any atom is -0.473 e. The Morgan fingerprint density at radius 3 is 1.78 bits per heavy atom. The normalized spacial score (nSPS) is 11.7. The molecule has 0 bridgehead atoms. The van der Waals surface area contributed by atoms with Crippen LogP contribution in [0.4, 0.5) is 0 Å². The second-order valence-electron chi connectivity index (χ2n) is 8.32. The van der Waals surface area contributed by atoms with Gasteiger partial charge in [-0.25, -0.2) is 9.97 Å². The van der Waals surface area contributed by atoms with Crippen molar-refractivity contribution in [2.45, 2.75) is 81.3 Å². The molecule has 3 heteroatoms. The first-order valence-corrected chi connectivity index (χ1v) is 10.3. The van der Waals surface area contributed by atoms with Gasteiger partial charge in [0.25, 0.3) is 0 Å². The van der Waals surface area contributed by atoms with Gasteiger partial charge < -0.3 is 4.74 Å². The molecule has 27 heavy (non-hydrogen) atoms. The predicted octanol–water partition coefficient (Wildman–Crippen LogP) is 6.25. The molecule has 1 heterocycles. The topological polar surface area (TPSA) is 35.0 Å². The predicted molar refractivity (Wildman–Crippen MR) is 115 cm³/mol. The largest absolute Gasteiger partial charge is 0.473 e. The smallest absolute Gasteiger partial charge is 0.236 e. The molecular weight excluding hydrogens is 332 g/mol. The molecule has 0 spiro atoms. The fourth-order valence-electron chi connectivity index (χ4n) is 3.98. The Balaban J connectivity index is 2.61. The van der Waals surface area contributed by atoms with Gasteiger partial charge in [0.2, 0.25) is 5.88 Å². The first-order valence-electron chi connectivity index (χ1n) is 10.3. The number of nitrogens with zero attached hydrogens (tertiary/aromatic N) is 2. The fourth-order valence-corrected chi connectivity index (χ4v) is 3.98. The van der Waals surface area contributed by atoms with Crippen LogP contribution in [0.15, 0.2) is 12.1 Å². The van der Waals surface area contributed by atoms with E-state index in [9.17, 15) is 0 Å². The van der Waals surface area contributed by atoms with Gasteiger partial charge in [0.1, 0.15) is 11.8 Å². The zero-order chi connectivity index (χ0) is 20.3. The van der Waals surface area contributed by atoms with Gasteiger partial charge in [-0.05, 0) is 56.6 Å². The highest BCUT2D eigenvalue weighted by Gasteiger charge is 2.24. The number of ether oxygens (including phenoxy) is 1. The summed E-state index contributed by atoms with van der Waals surface area (Å²) in [5.41, 5.74) is 8.00. The summed E-state index contributed by atoms with van der Waals surface area (Å²) in [5, 5.41) is 0. The number of aryl methyl sites for hydroxylation is 5. The maximum atomic E-state index is 6.40. The van der Waals surface area contributed by atoms with E-state index in [2.05, 4.69) is 74.4 Å². The Labute approximate surface area is 165 Å². The highest BCUT2D eigenvalue weighted by molar-refractivity contribution is 5.70. The van der Waals surface area contributed by atoms with Gasteiger partial charge in [-0.1, -0.05) is 59.2 Å². The van der Waals surface area contributed by atoms with E-state index >= 15 is 0 Å². The molecule has 0 N–H and O–H groups in total. The molecule has 0 aliphatic carbocycles. The molecule has 0 amide bonds. The summed E-state index contributed by atoms with van der Waals surface area (Å²) in [5.74, 6) is 1.58. The molecule has 3 nitrogen and oxygen atoms in total. The Hall–Kier alpha value is -1.90. The van der Waals surface area contributed by atoms with Gasteiger partial charge >= 0.3 is 0 Å². The molecule has 0 unspecified atom stereocenters. The van der Waals surface area contributed by atoms with Crippen molar-refractivity contribution in [1.82, 2.24) is 9.97 Å². The van der Waals surface area contributed by atoms with Crippen LogP contribution in [0.1, 0.15) is 69.6 Å². The third-order valence-electron chi connectivity index (χ3n) is 5.15. The molecule has 2 rings (SSSR count). The van der Waals surface area contributed by atoms with E-state index in [1.54, 1.807) is 0 Å². The quantitative estimate of drug-likeness (QED) is 0.579. The summed E-state index contributed by atoms with van der Waals surface area (Å²) >= 11 is 0. The molecule has 148 valence electrons. The van der Waals surface area contributed by atoms with Crippen LogP contribution >= 0.6 is 0 Å². The van der Waals surface area contributed by atoms with Crippen molar-refractivity contribution in [3.05, 3.63) is 40.2 Å². The molecule has 0 aliphatic rings. The lowest BCUT2D eigenvalue weighted by Gasteiger charge is -2.27. The SMILES string of the molecule is CCc1nc(-c2c(C)cc(C)cc2C)c(CC)nc1OC(C(C)C)C(C)C. The number of hydrogen-bond acceptors (Lipinski definition) is 3. The van der Waals surface area contributed by atoms with Crippen molar-refractivity contribution in [1.29, 1.82) is 0 Å². The number of hydrogen-bond donors (Lipinski definition) is 0. The van der Waals surface area contributed by atoms with Crippen LogP contribution in [0.25, 0.3) is 11.3 Å². The Morgan fingerprint density at radius 1 is 0.815 bits per heavy atom. The van der Waals surface area contributed by atoms with Crippen LogP contribution in [-0.4, -0.2) is 16.1 Å². The molecule has 1 aromatic carbocycles. The lowest BCUT2D eigenvalue weighted by Crippen LogP contribution is -2.30. The van der Waals surface area contributed by atoms with E-state index in [4.69, 9.17) is 14.7 Å². The van der Waals surface area contributed by atoms with Crippen molar-refractivity contribution in [3.63, 3.8) is 0 Å². The molecule has 0 fully saturated rings. The lowest BCUT2D eigenvalue weighted by molar-refractivity contribution is 0.0976. The summed E-state index contributed by atoms with van der Waals surface area (Å²) in [7, 11) is 0. The minimum absolute atomic E-state index is 0.142. The summed E-state index contributed by atoms with van der Waals surface area (Å²) in [6, 6.07) is 4.46. The molecule has 0 atom stereocenters. The summed E-state index contributed by atoms with van der Waals surface area (Å²) in [6.07, 6.45) is 1.79. The summed E-state index contributed by atoms with van der Waals surface area (Å²) in [6.45, 7) is 19.6. The number of rotatable bonds is 7.